The van der Waals surface area contributed by atoms with Crippen LogP contribution >= 0.6 is 0 Å². The second kappa shape index (κ2) is 6.73. The van der Waals surface area contributed by atoms with E-state index in [0.29, 0.717) is 17.7 Å². The van der Waals surface area contributed by atoms with E-state index < -0.39 is 10.0 Å². The van der Waals surface area contributed by atoms with Crippen LogP contribution in [0.2, 0.25) is 0 Å². The average Bonchev–Trinajstić information content (AvgIpc) is 2.50. The number of benzene rings is 2. The van der Waals surface area contributed by atoms with E-state index in [9.17, 15) is 8.42 Å². The Hall–Kier alpha value is -2.16. The number of hydrogen-bond donors (Lipinski definition) is 0. The molecule has 0 saturated heterocycles. The molecule has 114 valence electrons. The minimum Gasteiger partial charge on any atom is -0.212 e. The fraction of sp³-hybridized carbons (Fsp3) is 0.235. The topological polar surface area (TPSA) is 61.2 Å². The molecule has 2 aromatic carbocycles. The van der Waals surface area contributed by atoms with Crippen molar-refractivity contribution >= 4 is 10.0 Å². The van der Waals surface area contributed by atoms with Gasteiger partial charge in [-0.05, 0) is 35.7 Å². The molecule has 0 amide bonds. The second-order valence-electron chi connectivity index (χ2n) is 5.25. The number of aryl methyl sites for hydroxylation is 1. The Morgan fingerprint density at radius 3 is 2.32 bits per heavy atom. The average molecular weight is 314 g/mol. The smallest absolute Gasteiger partial charge is 0.212 e. The summed E-state index contributed by atoms with van der Waals surface area (Å²) in [5.41, 5.74) is 3.27. The summed E-state index contributed by atoms with van der Waals surface area (Å²) in [5.74, 6) is -0.0684. The standard InChI is InChI=1S/C17H18N2O2S/c1-14-5-3-4-6-17(14)12-19(2)22(20,21)13-16-9-7-15(11-18)8-10-16/h3-10H,12-13H2,1-2H3. The molecule has 0 aromatic heterocycles. The molecule has 0 fully saturated rings. The fourth-order valence-corrected chi connectivity index (χ4v) is 3.29. The Kier molecular flexibility index (Phi) is 4.96. The quantitative estimate of drug-likeness (QED) is 0.852. The third kappa shape index (κ3) is 3.94. The molecule has 0 unspecified atom stereocenters. The molecule has 0 atom stereocenters. The zero-order chi connectivity index (χ0) is 16.2. The van der Waals surface area contributed by atoms with Crippen LogP contribution < -0.4 is 0 Å². The van der Waals surface area contributed by atoms with Crippen LogP contribution in [0.5, 0.6) is 0 Å². The van der Waals surface area contributed by atoms with E-state index in [0.717, 1.165) is 11.1 Å². The summed E-state index contributed by atoms with van der Waals surface area (Å²) in [6.45, 7) is 2.32. The van der Waals surface area contributed by atoms with Crippen LogP contribution in [0.15, 0.2) is 48.5 Å². The monoisotopic (exact) mass is 314 g/mol. The normalized spacial score (nSPS) is 11.4. The minimum absolute atomic E-state index is 0.0684. The van der Waals surface area contributed by atoms with Crippen molar-refractivity contribution in [3.8, 4) is 6.07 Å². The van der Waals surface area contributed by atoms with Crippen LogP contribution in [0, 0.1) is 18.3 Å². The zero-order valence-corrected chi connectivity index (χ0v) is 13.5. The first kappa shape index (κ1) is 16.2. The van der Waals surface area contributed by atoms with Gasteiger partial charge in [0.25, 0.3) is 0 Å². The molecule has 0 aliphatic rings. The van der Waals surface area contributed by atoms with Crippen molar-refractivity contribution in [1.82, 2.24) is 4.31 Å². The summed E-state index contributed by atoms with van der Waals surface area (Å²) >= 11 is 0. The van der Waals surface area contributed by atoms with Crippen molar-refractivity contribution in [2.24, 2.45) is 0 Å². The lowest BCUT2D eigenvalue weighted by atomic mass is 10.1. The molecule has 2 rings (SSSR count). The number of rotatable bonds is 5. The molecule has 0 aliphatic heterocycles. The molecule has 0 N–H and O–H groups in total. The molecule has 4 nitrogen and oxygen atoms in total. The lowest BCUT2D eigenvalue weighted by molar-refractivity contribution is 0.465. The van der Waals surface area contributed by atoms with Crippen molar-refractivity contribution in [3.63, 3.8) is 0 Å². The van der Waals surface area contributed by atoms with Crippen LogP contribution in [-0.2, 0) is 22.3 Å². The highest BCUT2D eigenvalue weighted by molar-refractivity contribution is 7.88. The summed E-state index contributed by atoms with van der Waals surface area (Å²) in [6, 6.07) is 16.4. The van der Waals surface area contributed by atoms with Crippen LogP contribution in [0.4, 0.5) is 0 Å². The van der Waals surface area contributed by atoms with Gasteiger partial charge in [-0.1, -0.05) is 36.4 Å². The first-order valence-corrected chi connectivity index (χ1v) is 8.51. The highest BCUT2D eigenvalue weighted by Gasteiger charge is 2.19. The van der Waals surface area contributed by atoms with Gasteiger partial charge in [0.05, 0.1) is 17.4 Å². The van der Waals surface area contributed by atoms with Crippen molar-refractivity contribution in [3.05, 3.63) is 70.8 Å². The molecular weight excluding hydrogens is 296 g/mol. The van der Waals surface area contributed by atoms with Crippen molar-refractivity contribution < 1.29 is 8.42 Å². The number of sulfonamides is 1. The maximum Gasteiger partial charge on any atom is 0.218 e. The maximum absolute atomic E-state index is 12.4. The number of nitriles is 1. The lowest BCUT2D eigenvalue weighted by Gasteiger charge is -2.18. The van der Waals surface area contributed by atoms with E-state index in [1.165, 1.54) is 4.31 Å². The number of hydrogen-bond acceptors (Lipinski definition) is 3. The van der Waals surface area contributed by atoms with Gasteiger partial charge in [0.1, 0.15) is 0 Å². The van der Waals surface area contributed by atoms with Crippen LogP contribution in [-0.4, -0.2) is 19.8 Å². The van der Waals surface area contributed by atoms with E-state index >= 15 is 0 Å². The minimum atomic E-state index is -3.40. The Balaban J connectivity index is 2.12. The predicted octanol–water partition coefficient (Wildman–Crippen LogP) is 2.83. The summed E-state index contributed by atoms with van der Waals surface area (Å²) < 4.78 is 26.2. The predicted molar refractivity (Wildman–Crippen MR) is 86.4 cm³/mol. The van der Waals surface area contributed by atoms with Gasteiger partial charge in [-0.15, -0.1) is 0 Å². The summed E-state index contributed by atoms with van der Waals surface area (Å²) in [6.07, 6.45) is 0. The molecular formula is C17H18N2O2S. The summed E-state index contributed by atoms with van der Waals surface area (Å²) in [7, 11) is -1.81. The van der Waals surface area contributed by atoms with Gasteiger partial charge >= 0.3 is 0 Å². The van der Waals surface area contributed by atoms with E-state index in [4.69, 9.17) is 5.26 Å². The SMILES string of the molecule is Cc1ccccc1CN(C)S(=O)(=O)Cc1ccc(C#N)cc1. The van der Waals surface area contributed by atoms with Gasteiger partial charge in [0.15, 0.2) is 0 Å². The van der Waals surface area contributed by atoms with Crippen molar-refractivity contribution in [2.75, 3.05) is 7.05 Å². The largest absolute Gasteiger partial charge is 0.218 e. The van der Waals surface area contributed by atoms with Crippen molar-refractivity contribution in [2.45, 2.75) is 19.2 Å². The molecule has 0 aliphatic carbocycles. The molecule has 0 radical (unpaired) electrons. The first-order chi connectivity index (χ1) is 10.4. The fourth-order valence-electron chi connectivity index (χ4n) is 2.12. The van der Waals surface area contributed by atoms with E-state index in [1.807, 2.05) is 37.3 Å². The van der Waals surface area contributed by atoms with E-state index in [2.05, 4.69) is 0 Å². The van der Waals surface area contributed by atoms with Gasteiger partial charge in [-0.2, -0.15) is 5.26 Å². The molecule has 0 spiro atoms. The van der Waals surface area contributed by atoms with Crippen molar-refractivity contribution in [1.29, 1.82) is 5.26 Å². The summed E-state index contributed by atoms with van der Waals surface area (Å²) in [4.78, 5) is 0. The Labute approximate surface area is 131 Å². The van der Waals surface area contributed by atoms with Gasteiger partial charge in [0, 0.05) is 13.6 Å². The molecule has 0 bridgehead atoms. The Bertz CT molecular complexity index is 790. The molecule has 0 heterocycles. The zero-order valence-electron chi connectivity index (χ0n) is 12.7. The third-order valence-electron chi connectivity index (χ3n) is 3.56. The second-order valence-corrected chi connectivity index (χ2v) is 7.32. The van der Waals surface area contributed by atoms with Crippen LogP contribution in [0.1, 0.15) is 22.3 Å². The Morgan fingerprint density at radius 1 is 1.09 bits per heavy atom. The highest BCUT2D eigenvalue weighted by atomic mass is 32.2. The lowest BCUT2D eigenvalue weighted by Crippen LogP contribution is -2.28. The van der Waals surface area contributed by atoms with Crippen LogP contribution in [0.25, 0.3) is 0 Å². The highest BCUT2D eigenvalue weighted by Crippen LogP contribution is 2.15. The third-order valence-corrected chi connectivity index (χ3v) is 5.34. The van der Waals surface area contributed by atoms with Gasteiger partial charge in [-0.3, -0.25) is 0 Å². The van der Waals surface area contributed by atoms with Crippen LogP contribution in [0.3, 0.4) is 0 Å². The number of nitrogens with zero attached hydrogens (tertiary/aromatic N) is 2. The maximum atomic E-state index is 12.4. The van der Waals surface area contributed by atoms with Gasteiger partial charge < -0.3 is 0 Å². The van der Waals surface area contributed by atoms with Gasteiger partial charge in [0.2, 0.25) is 10.0 Å². The van der Waals surface area contributed by atoms with E-state index in [1.54, 1.807) is 31.3 Å². The van der Waals surface area contributed by atoms with Gasteiger partial charge in [-0.25, -0.2) is 12.7 Å². The molecule has 2 aromatic rings. The summed E-state index contributed by atoms with van der Waals surface area (Å²) in [5, 5.41) is 8.76. The molecule has 22 heavy (non-hydrogen) atoms. The molecule has 0 saturated carbocycles. The Morgan fingerprint density at radius 2 is 1.73 bits per heavy atom. The molecule has 5 heteroatoms. The van der Waals surface area contributed by atoms with E-state index in [-0.39, 0.29) is 5.75 Å². The first-order valence-electron chi connectivity index (χ1n) is 6.90.